The third kappa shape index (κ3) is 3.91. The quantitative estimate of drug-likeness (QED) is 0.859. The lowest BCUT2D eigenvalue weighted by molar-refractivity contribution is 0.181. The lowest BCUT2D eigenvalue weighted by Crippen LogP contribution is -2.27. The summed E-state index contributed by atoms with van der Waals surface area (Å²) in [7, 11) is 1.96. The molecule has 1 aromatic heterocycles. The van der Waals surface area contributed by atoms with Crippen molar-refractivity contribution >= 4 is 0 Å². The Labute approximate surface area is 114 Å². The van der Waals surface area contributed by atoms with E-state index in [1.807, 2.05) is 36.9 Å². The summed E-state index contributed by atoms with van der Waals surface area (Å²) in [6.07, 6.45) is 0. The summed E-state index contributed by atoms with van der Waals surface area (Å²) >= 11 is 0. The summed E-state index contributed by atoms with van der Waals surface area (Å²) < 4.78 is 1.91. The Hall–Kier alpha value is -1.65. The van der Waals surface area contributed by atoms with Crippen molar-refractivity contribution in [2.45, 2.75) is 20.0 Å². The van der Waals surface area contributed by atoms with Gasteiger partial charge in [-0.3, -0.25) is 9.58 Å². The number of aromatic nitrogens is 2. The fourth-order valence-electron chi connectivity index (χ4n) is 2.24. The predicted molar refractivity (Wildman–Crippen MR) is 75.6 cm³/mol. The molecule has 0 unspecified atom stereocenters. The molecule has 2 aromatic rings. The lowest BCUT2D eigenvalue weighted by atomic mass is 10.2. The van der Waals surface area contributed by atoms with E-state index in [0.717, 1.165) is 18.8 Å². The predicted octanol–water partition coefficient (Wildman–Crippen LogP) is 1.72. The number of hydrogen-bond donors (Lipinski definition) is 1. The van der Waals surface area contributed by atoms with Crippen molar-refractivity contribution in [3.05, 3.63) is 53.3 Å². The number of aliphatic hydroxyl groups is 1. The SMILES string of the molecule is Cc1cc(CN(CCO)Cc2ccccc2)n(C)n1. The normalized spacial score (nSPS) is 11.2. The van der Waals surface area contributed by atoms with Crippen LogP contribution in [0.4, 0.5) is 0 Å². The molecule has 0 spiro atoms. The third-order valence-electron chi connectivity index (χ3n) is 3.15. The Balaban J connectivity index is 2.06. The second kappa shape index (κ2) is 6.50. The molecule has 0 amide bonds. The molecule has 2 rings (SSSR count). The van der Waals surface area contributed by atoms with Crippen molar-refractivity contribution in [3.63, 3.8) is 0 Å². The smallest absolute Gasteiger partial charge is 0.0597 e. The Kier molecular flexibility index (Phi) is 4.71. The first kappa shape index (κ1) is 13.8. The van der Waals surface area contributed by atoms with Gasteiger partial charge in [-0.15, -0.1) is 0 Å². The third-order valence-corrected chi connectivity index (χ3v) is 3.15. The molecule has 0 saturated heterocycles. The van der Waals surface area contributed by atoms with E-state index in [4.69, 9.17) is 0 Å². The second-order valence-corrected chi connectivity index (χ2v) is 4.82. The van der Waals surface area contributed by atoms with E-state index in [2.05, 4.69) is 28.2 Å². The van der Waals surface area contributed by atoms with Crippen molar-refractivity contribution in [1.82, 2.24) is 14.7 Å². The molecule has 4 heteroatoms. The molecule has 1 N–H and O–H groups in total. The van der Waals surface area contributed by atoms with E-state index in [0.29, 0.717) is 6.54 Å². The molecule has 0 atom stereocenters. The molecule has 0 bridgehead atoms. The molecule has 102 valence electrons. The molecule has 0 saturated carbocycles. The van der Waals surface area contributed by atoms with Crippen LogP contribution in [0.25, 0.3) is 0 Å². The molecule has 4 nitrogen and oxygen atoms in total. The van der Waals surface area contributed by atoms with E-state index in [-0.39, 0.29) is 6.61 Å². The Morgan fingerprint density at radius 1 is 1.21 bits per heavy atom. The second-order valence-electron chi connectivity index (χ2n) is 4.82. The van der Waals surface area contributed by atoms with Crippen LogP contribution in [0.2, 0.25) is 0 Å². The van der Waals surface area contributed by atoms with Crippen LogP contribution in [0.3, 0.4) is 0 Å². The number of rotatable bonds is 6. The van der Waals surface area contributed by atoms with Crippen molar-refractivity contribution in [2.75, 3.05) is 13.2 Å². The summed E-state index contributed by atoms with van der Waals surface area (Å²) in [5.41, 5.74) is 3.46. The molecule has 0 aliphatic rings. The van der Waals surface area contributed by atoms with E-state index in [9.17, 15) is 5.11 Å². The zero-order chi connectivity index (χ0) is 13.7. The molecule has 0 radical (unpaired) electrons. The topological polar surface area (TPSA) is 41.3 Å². The maximum absolute atomic E-state index is 9.20. The maximum Gasteiger partial charge on any atom is 0.0597 e. The number of aliphatic hydroxyl groups excluding tert-OH is 1. The van der Waals surface area contributed by atoms with Gasteiger partial charge < -0.3 is 5.11 Å². The molecular formula is C15H21N3O. The Morgan fingerprint density at radius 3 is 2.53 bits per heavy atom. The first-order valence-corrected chi connectivity index (χ1v) is 6.55. The molecular weight excluding hydrogens is 238 g/mol. The highest BCUT2D eigenvalue weighted by molar-refractivity contribution is 5.15. The average Bonchev–Trinajstić information content (AvgIpc) is 2.69. The van der Waals surface area contributed by atoms with Crippen LogP contribution >= 0.6 is 0 Å². The van der Waals surface area contributed by atoms with Crippen molar-refractivity contribution in [3.8, 4) is 0 Å². The molecule has 1 aromatic carbocycles. The van der Waals surface area contributed by atoms with Crippen LogP contribution in [0.1, 0.15) is 17.0 Å². The Morgan fingerprint density at radius 2 is 1.95 bits per heavy atom. The Bertz CT molecular complexity index is 507. The average molecular weight is 259 g/mol. The highest BCUT2D eigenvalue weighted by atomic mass is 16.3. The fourth-order valence-corrected chi connectivity index (χ4v) is 2.24. The van der Waals surface area contributed by atoms with Gasteiger partial charge in [0.15, 0.2) is 0 Å². The lowest BCUT2D eigenvalue weighted by Gasteiger charge is -2.21. The van der Waals surface area contributed by atoms with Crippen LogP contribution in [0.5, 0.6) is 0 Å². The number of aryl methyl sites for hydroxylation is 2. The number of hydrogen-bond acceptors (Lipinski definition) is 3. The standard InChI is InChI=1S/C15H21N3O/c1-13-10-15(17(2)16-13)12-18(8-9-19)11-14-6-4-3-5-7-14/h3-7,10,19H,8-9,11-12H2,1-2H3. The molecule has 1 heterocycles. The van der Waals surface area contributed by atoms with Crippen molar-refractivity contribution < 1.29 is 5.11 Å². The highest BCUT2D eigenvalue weighted by Crippen LogP contribution is 2.10. The summed E-state index contributed by atoms with van der Waals surface area (Å²) in [6.45, 7) is 4.47. The van der Waals surface area contributed by atoms with Gasteiger partial charge >= 0.3 is 0 Å². The van der Waals surface area contributed by atoms with Crippen molar-refractivity contribution in [2.24, 2.45) is 7.05 Å². The molecule has 0 fully saturated rings. The van der Waals surface area contributed by atoms with Crippen LogP contribution in [-0.2, 0) is 20.1 Å². The van der Waals surface area contributed by atoms with Crippen LogP contribution in [-0.4, -0.2) is 32.9 Å². The summed E-state index contributed by atoms with van der Waals surface area (Å²) in [5.74, 6) is 0. The summed E-state index contributed by atoms with van der Waals surface area (Å²) in [5, 5.41) is 13.6. The van der Waals surface area contributed by atoms with Gasteiger partial charge in [0, 0.05) is 26.7 Å². The maximum atomic E-state index is 9.20. The van der Waals surface area contributed by atoms with Crippen LogP contribution in [0.15, 0.2) is 36.4 Å². The minimum Gasteiger partial charge on any atom is -0.395 e. The monoisotopic (exact) mass is 259 g/mol. The zero-order valence-electron chi connectivity index (χ0n) is 11.6. The van der Waals surface area contributed by atoms with Gasteiger partial charge in [0.05, 0.1) is 18.0 Å². The van der Waals surface area contributed by atoms with Gasteiger partial charge in [0.2, 0.25) is 0 Å². The largest absolute Gasteiger partial charge is 0.395 e. The van der Waals surface area contributed by atoms with Gasteiger partial charge in [-0.05, 0) is 18.6 Å². The van der Waals surface area contributed by atoms with Gasteiger partial charge in [0.25, 0.3) is 0 Å². The van der Waals surface area contributed by atoms with E-state index in [1.165, 1.54) is 11.3 Å². The number of benzene rings is 1. The fraction of sp³-hybridized carbons (Fsp3) is 0.400. The zero-order valence-corrected chi connectivity index (χ0v) is 11.6. The number of nitrogens with zero attached hydrogens (tertiary/aromatic N) is 3. The summed E-state index contributed by atoms with van der Waals surface area (Å²) in [4.78, 5) is 2.23. The molecule has 19 heavy (non-hydrogen) atoms. The minimum atomic E-state index is 0.170. The van der Waals surface area contributed by atoms with E-state index in [1.54, 1.807) is 0 Å². The van der Waals surface area contributed by atoms with Gasteiger partial charge in [-0.1, -0.05) is 30.3 Å². The van der Waals surface area contributed by atoms with E-state index < -0.39 is 0 Å². The van der Waals surface area contributed by atoms with Crippen LogP contribution in [0, 0.1) is 6.92 Å². The highest BCUT2D eigenvalue weighted by Gasteiger charge is 2.10. The van der Waals surface area contributed by atoms with E-state index >= 15 is 0 Å². The van der Waals surface area contributed by atoms with Crippen LogP contribution < -0.4 is 0 Å². The minimum absolute atomic E-state index is 0.170. The molecule has 0 aliphatic heterocycles. The molecule has 0 aliphatic carbocycles. The van der Waals surface area contributed by atoms with Gasteiger partial charge in [-0.2, -0.15) is 5.10 Å². The van der Waals surface area contributed by atoms with Gasteiger partial charge in [0.1, 0.15) is 0 Å². The van der Waals surface area contributed by atoms with Crippen molar-refractivity contribution in [1.29, 1.82) is 0 Å². The first-order valence-electron chi connectivity index (χ1n) is 6.55. The first-order chi connectivity index (χ1) is 9.19. The van der Waals surface area contributed by atoms with Gasteiger partial charge in [-0.25, -0.2) is 0 Å². The summed E-state index contributed by atoms with van der Waals surface area (Å²) in [6, 6.07) is 12.4.